The van der Waals surface area contributed by atoms with Gasteiger partial charge in [0.2, 0.25) is 0 Å². The zero-order chi connectivity index (χ0) is 11.2. The lowest BCUT2D eigenvalue weighted by Crippen LogP contribution is -2.60. The van der Waals surface area contributed by atoms with Gasteiger partial charge in [-0.25, -0.2) is 0 Å². The summed E-state index contributed by atoms with van der Waals surface area (Å²) in [5.41, 5.74) is 1.06. The van der Waals surface area contributed by atoms with E-state index in [1.54, 1.807) is 0 Å². The van der Waals surface area contributed by atoms with Crippen LogP contribution in [0.15, 0.2) is 29.2 Å². The molecule has 0 amide bonds. The average Bonchev–Trinajstić information content (AvgIpc) is 2.59. The number of likely N-dealkylation sites (tertiary alicyclic amines) is 1. The number of benzene rings is 1. The van der Waals surface area contributed by atoms with Gasteiger partial charge in [0, 0.05) is 36.2 Å². The molecular formula is C13H17NOS. The predicted molar refractivity (Wildman–Crippen MR) is 67.0 cm³/mol. The lowest BCUT2D eigenvalue weighted by Gasteiger charge is -2.45. The number of thioether (sulfide) groups is 1. The second-order valence-electron chi connectivity index (χ2n) is 5.21. The SMILES string of the molecule is CC1(O)CN(CC2CSc3ccccc32)C1. The Morgan fingerprint density at radius 1 is 1.44 bits per heavy atom. The molecule has 86 valence electrons. The average molecular weight is 235 g/mol. The Bertz CT molecular complexity index is 397. The summed E-state index contributed by atoms with van der Waals surface area (Å²) in [6.45, 7) is 4.67. The summed E-state index contributed by atoms with van der Waals surface area (Å²) in [5, 5.41) is 9.71. The van der Waals surface area contributed by atoms with Crippen LogP contribution >= 0.6 is 11.8 Å². The van der Waals surface area contributed by atoms with Gasteiger partial charge in [-0.2, -0.15) is 0 Å². The van der Waals surface area contributed by atoms with Crippen molar-refractivity contribution in [3.05, 3.63) is 29.8 Å². The quantitative estimate of drug-likeness (QED) is 0.847. The Hall–Kier alpha value is -0.510. The highest BCUT2D eigenvalue weighted by Crippen LogP contribution is 2.40. The predicted octanol–water partition coefficient (Wildman–Crippen LogP) is 1.94. The van der Waals surface area contributed by atoms with E-state index in [-0.39, 0.29) is 0 Å². The second kappa shape index (κ2) is 3.76. The molecule has 1 saturated heterocycles. The van der Waals surface area contributed by atoms with Crippen LogP contribution in [0.4, 0.5) is 0 Å². The Kier molecular flexibility index (Phi) is 2.50. The van der Waals surface area contributed by atoms with Gasteiger partial charge in [0.25, 0.3) is 0 Å². The molecule has 2 aliphatic heterocycles. The van der Waals surface area contributed by atoms with Crippen LogP contribution < -0.4 is 0 Å². The third-order valence-electron chi connectivity index (χ3n) is 3.41. The van der Waals surface area contributed by atoms with E-state index < -0.39 is 5.60 Å². The van der Waals surface area contributed by atoms with E-state index >= 15 is 0 Å². The van der Waals surface area contributed by atoms with Crippen molar-refractivity contribution in [2.45, 2.75) is 23.3 Å². The van der Waals surface area contributed by atoms with Gasteiger partial charge in [0.1, 0.15) is 0 Å². The maximum atomic E-state index is 9.71. The third kappa shape index (κ3) is 1.88. The van der Waals surface area contributed by atoms with Crippen LogP contribution in [0.5, 0.6) is 0 Å². The van der Waals surface area contributed by atoms with E-state index in [1.165, 1.54) is 16.2 Å². The molecule has 2 heterocycles. The summed E-state index contributed by atoms with van der Waals surface area (Å²) in [6, 6.07) is 8.71. The lowest BCUT2D eigenvalue weighted by atomic mass is 9.93. The van der Waals surface area contributed by atoms with E-state index in [0.29, 0.717) is 5.92 Å². The molecule has 1 atom stereocenters. The lowest BCUT2D eigenvalue weighted by molar-refractivity contribution is -0.0844. The summed E-state index contributed by atoms with van der Waals surface area (Å²) in [6.07, 6.45) is 0. The van der Waals surface area contributed by atoms with Gasteiger partial charge < -0.3 is 5.11 Å². The highest BCUT2D eigenvalue weighted by Gasteiger charge is 2.38. The van der Waals surface area contributed by atoms with Crippen molar-refractivity contribution in [3.8, 4) is 0 Å². The van der Waals surface area contributed by atoms with E-state index in [9.17, 15) is 5.11 Å². The van der Waals surface area contributed by atoms with Crippen molar-refractivity contribution in [1.29, 1.82) is 0 Å². The molecule has 2 aliphatic rings. The van der Waals surface area contributed by atoms with Gasteiger partial charge in [-0.15, -0.1) is 11.8 Å². The van der Waals surface area contributed by atoms with Gasteiger partial charge in [0.15, 0.2) is 0 Å². The molecule has 16 heavy (non-hydrogen) atoms. The number of rotatable bonds is 2. The zero-order valence-corrected chi connectivity index (χ0v) is 10.3. The fraction of sp³-hybridized carbons (Fsp3) is 0.538. The van der Waals surface area contributed by atoms with Gasteiger partial charge in [-0.05, 0) is 18.6 Å². The van der Waals surface area contributed by atoms with Crippen molar-refractivity contribution in [3.63, 3.8) is 0 Å². The van der Waals surface area contributed by atoms with Crippen LogP contribution in [0.25, 0.3) is 0 Å². The minimum atomic E-state index is -0.439. The van der Waals surface area contributed by atoms with E-state index in [2.05, 4.69) is 29.2 Å². The fourth-order valence-electron chi connectivity index (χ4n) is 2.74. The summed E-state index contributed by atoms with van der Waals surface area (Å²) < 4.78 is 0. The molecule has 0 radical (unpaired) electrons. The second-order valence-corrected chi connectivity index (χ2v) is 6.27. The molecular weight excluding hydrogens is 218 g/mol. The monoisotopic (exact) mass is 235 g/mol. The summed E-state index contributed by atoms with van der Waals surface area (Å²) >= 11 is 1.96. The van der Waals surface area contributed by atoms with Crippen molar-refractivity contribution in [2.24, 2.45) is 0 Å². The Labute approximate surface area is 101 Å². The summed E-state index contributed by atoms with van der Waals surface area (Å²) in [5.74, 6) is 1.84. The van der Waals surface area contributed by atoms with Gasteiger partial charge in [-0.1, -0.05) is 18.2 Å². The number of β-amino-alcohol motifs (C(OH)–C–C–N with tert-alkyl or cyclic N) is 1. The number of hydrogen-bond donors (Lipinski definition) is 1. The summed E-state index contributed by atoms with van der Waals surface area (Å²) in [7, 11) is 0. The highest BCUT2D eigenvalue weighted by atomic mass is 32.2. The number of nitrogens with zero attached hydrogens (tertiary/aromatic N) is 1. The minimum absolute atomic E-state index is 0.439. The van der Waals surface area contributed by atoms with E-state index in [4.69, 9.17) is 0 Å². The van der Waals surface area contributed by atoms with Gasteiger partial charge in [0.05, 0.1) is 5.60 Å². The van der Waals surface area contributed by atoms with Crippen LogP contribution in [0.1, 0.15) is 18.4 Å². The number of hydrogen-bond acceptors (Lipinski definition) is 3. The fourth-order valence-corrected chi connectivity index (χ4v) is 3.98. The van der Waals surface area contributed by atoms with Crippen LogP contribution in [-0.4, -0.2) is 41.0 Å². The van der Waals surface area contributed by atoms with Crippen molar-refractivity contribution < 1.29 is 5.11 Å². The molecule has 3 rings (SSSR count). The Morgan fingerprint density at radius 2 is 2.19 bits per heavy atom. The van der Waals surface area contributed by atoms with E-state index in [0.717, 1.165) is 19.6 Å². The minimum Gasteiger partial charge on any atom is -0.388 e. The van der Waals surface area contributed by atoms with Crippen LogP contribution in [0.2, 0.25) is 0 Å². The maximum absolute atomic E-state index is 9.71. The molecule has 0 saturated carbocycles. The third-order valence-corrected chi connectivity index (χ3v) is 4.66. The standard InChI is InChI=1S/C13H17NOS/c1-13(15)8-14(9-13)6-10-7-16-12-5-3-2-4-11(10)12/h2-5,10,15H,6-9H2,1H3. The first-order chi connectivity index (χ1) is 7.64. The molecule has 1 unspecified atom stereocenters. The molecule has 1 fully saturated rings. The molecule has 1 aromatic carbocycles. The van der Waals surface area contributed by atoms with Gasteiger partial charge in [-0.3, -0.25) is 4.90 Å². The maximum Gasteiger partial charge on any atom is 0.0872 e. The molecule has 0 bridgehead atoms. The van der Waals surface area contributed by atoms with Crippen LogP contribution in [-0.2, 0) is 0 Å². The van der Waals surface area contributed by atoms with Crippen LogP contribution in [0, 0.1) is 0 Å². The first kappa shape index (κ1) is 10.6. The molecule has 2 nitrogen and oxygen atoms in total. The van der Waals surface area contributed by atoms with E-state index in [1.807, 2.05) is 18.7 Å². The molecule has 3 heteroatoms. The largest absolute Gasteiger partial charge is 0.388 e. The normalized spacial score (nSPS) is 27.5. The van der Waals surface area contributed by atoms with Crippen LogP contribution in [0.3, 0.4) is 0 Å². The number of aliphatic hydroxyl groups is 1. The first-order valence-corrected chi connectivity index (χ1v) is 6.79. The highest BCUT2D eigenvalue weighted by molar-refractivity contribution is 7.99. The smallest absolute Gasteiger partial charge is 0.0872 e. The van der Waals surface area contributed by atoms with Gasteiger partial charge >= 0.3 is 0 Å². The Morgan fingerprint density at radius 3 is 2.94 bits per heavy atom. The zero-order valence-electron chi connectivity index (χ0n) is 9.52. The number of fused-ring (bicyclic) bond motifs is 1. The molecule has 1 N–H and O–H groups in total. The topological polar surface area (TPSA) is 23.5 Å². The first-order valence-electron chi connectivity index (χ1n) is 5.80. The molecule has 0 spiro atoms. The van der Waals surface area contributed by atoms with Crippen molar-refractivity contribution >= 4 is 11.8 Å². The Balaban J connectivity index is 1.66. The van der Waals surface area contributed by atoms with Crippen molar-refractivity contribution in [1.82, 2.24) is 4.90 Å². The molecule has 1 aromatic rings. The molecule has 0 aromatic heterocycles. The molecule has 0 aliphatic carbocycles. The van der Waals surface area contributed by atoms with Crippen molar-refractivity contribution in [2.75, 3.05) is 25.4 Å². The summed E-state index contributed by atoms with van der Waals surface area (Å²) in [4.78, 5) is 3.80.